The number of hydrogen-bond acceptors (Lipinski definition) is 6. The maximum atomic E-state index is 14.0. The SMILES string of the molecule is CCOC(=O)C1=C(C)N=c2s/c(=C\c3ccc(C)c(Br)c3)c(=O)n2[C@@H]1c1c(OC)ccc2ccccc12. The fraction of sp³-hybridized carbons (Fsp3) is 0.207. The van der Waals surface area contributed by atoms with Crippen LogP contribution in [-0.4, -0.2) is 24.3 Å². The van der Waals surface area contributed by atoms with Crippen molar-refractivity contribution in [2.45, 2.75) is 26.8 Å². The first-order valence-corrected chi connectivity index (χ1v) is 13.5. The van der Waals surface area contributed by atoms with Crippen LogP contribution >= 0.6 is 27.3 Å². The van der Waals surface area contributed by atoms with Crippen molar-refractivity contribution in [1.82, 2.24) is 4.57 Å². The number of carbonyl (C=O) groups is 1. The van der Waals surface area contributed by atoms with E-state index in [2.05, 4.69) is 20.9 Å². The van der Waals surface area contributed by atoms with Crippen LogP contribution in [-0.2, 0) is 9.53 Å². The minimum absolute atomic E-state index is 0.210. The summed E-state index contributed by atoms with van der Waals surface area (Å²) in [7, 11) is 1.59. The van der Waals surface area contributed by atoms with Crippen molar-refractivity contribution in [2.24, 2.45) is 4.99 Å². The molecular formula is C29H25BrN2O4S. The van der Waals surface area contributed by atoms with Gasteiger partial charge in [0.25, 0.3) is 5.56 Å². The summed E-state index contributed by atoms with van der Waals surface area (Å²) in [4.78, 5) is 32.5. The van der Waals surface area contributed by atoms with Gasteiger partial charge in [-0.1, -0.05) is 69.7 Å². The van der Waals surface area contributed by atoms with E-state index in [-0.39, 0.29) is 12.2 Å². The van der Waals surface area contributed by atoms with Gasteiger partial charge in [-0.2, -0.15) is 0 Å². The fourth-order valence-electron chi connectivity index (χ4n) is 4.65. The van der Waals surface area contributed by atoms with Gasteiger partial charge in [0.05, 0.1) is 29.5 Å². The molecule has 1 aromatic heterocycles. The van der Waals surface area contributed by atoms with Crippen molar-refractivity contribution in [3.05, 3.63) is 107 Å². The molecule has 6 nitrogen and oxygen atoms in total. The number of aromatic nitrogens is 1. The Hall–Kier alpha value is -3.49. The third-order valence-electron chi connectivity index (χ3n) is 6.43. The average molecular weight is 578 g/mol. The number of rotatable bonds is 5. The fourth-order valence-corrected chi connectivity index (χ4v) is 6.09. The van der Waals surface area contributed by atoms with E-state index in [4.69, 9.17) is 9.47 Å². The molecule has 2 heterocycles. The van der Waals surface area contributed by atoms with Gasteiger partial charge < -0.3 is 9.47 Å². The molecule has 0 radical (unpaired) electrons. The van der Waals surface area contributed by atoms with E-state index >= 15 is 0 Å². The first kappa shape index (κ1) is 25.2. The second kappa shape index (κ2) is 10.1. The predicted molar refractivity (Wildman–Crippen MR) is 150 cm³/mol. The number of allylic oxidation sites excluding steroid dienone is 1. The number of fused-ring (bicyclic) bond motifs is 2. The zero-order chi connectivity index (χ0) is 26.3. The molecule has 37 heavy (non-hydrogen) atoms. The van der Waals surface area contributed by atoms with E-state index in [1.54, 1.807) is 25.5 Å². The van der Waals surface area contributed by atoms with Crippen LogP contribution in [0, 0.1) is 6.92 Å². The summed E-state index contributed by atoms with van der Waals surface area (Å²) in [6.45, 7) is 5.77. The molecule has 1 aliphatic rings. The van der Waals surface area contributed by atoms with Crippen molar-refractivity contribution < 1.29 is 14.3 Å². The summed E-state index contributed by atoms with van der Waals surface area (Å²) < 4.78 is 14.3. The van der Waals surface area contributed by atoms with Crippen molar-refractivity contribution in [3.63, 3.8) is 0 Å². The largest absolute Gasteiger partial charge is 0.496 e. The summed E-state index contributed by atoms with van der Waals surface area (Å²) >= 11 is 4.87. The maximum Gasteiger partial charge on any atom is 0.338 e. The third-order valence-corrected chi connectivity index (χ3v) is 8.27. The van der Waals surface area contributed by atoms with Crippen molar-refractivity contribution >= 4 is 50.1 Å². The molecule has 0 amide bonds. The molecule has 8 heteroatoms. The Morgan fingerprint density at radius 3 is 2.68 bits per heavy atom. The van der Waals surface area contributed by atoms with Gasteiger partial charge in [0.1, 0.15) is 11.8 Å². The summed E-state index contributed by atoms with van der Waals surface area (Å²) in [6, 6.07) is 16.9. The first-order chi connectivity index (χ1) is 17.8. The molecule has 0 fully saturated rings. The Bertz CT molecular complexity index is 1770. The van der Waals surface area contributed by atoms with E-state index < -0.39 is 12.0 Å². The Kier molecular flexibility index (Phi) is 6.88. The Morgan fingerprint density at radius 2 is 1.95 bits per heavy atom. The van der Waals surface area contributed by atoms with Crippen LogP contribution in [0.2, 0.25) is 0 Å². The van der Waals surface area contributed by atoms with Gasteiger partial charge in [0, 0.05) is 10.0 Å². The van der Waals surface area contributed by atoms with Gasteiger partial charge in [-0.25, -0.2) is 9.79 Å². The Labute approximate surface area is 226 Å². The predicted octanol–water partition coefficient (Wildman–Crippen LogP) is 5.03. The highest BCUT2D eigenvalue weighted by Crippen LogP contribution is 2.40. The lowest BCUT2D eigenvalue weighted by Gasteiger charge is -2.27. The summed E-state index contributed by atoms with van der Waals surface area (Å²) in [5.74, 6) is 0.0812. The minimum atomic E-state index is -0.761. The molecule has 0 saturated carbocycles. The number of thiazole rings is 1. The minimum Gasteiger partial charge on any atom is -0.496 e. The van der Waals surface area contributed by atoms with Crippen molar-refractivity contribution in [3.8, 4) is 5.75 Å². The molecular weight excluding hydrogens is 552 g/mol. The molecule has 0 unspecified atom stereocenters. The van der Waals surface area contributed by atoms with Gasteiger partial charge in [-0.3, -0.25) is 9.36 Å². The van der Waals surface area contributed by atoms with E-state index in [9.17, 15) is 9.59 Å². The monoisotopic (exact) mass is 576 g/mol. The van der Waals surface area contributed by atoms with Crippen molar-refractivity contribution in [1.29, 1.82) is 0 Å². The quantitative estimate of drug-likeness (QED) is 0.312. The number of ether oxygens (including phenoxy) is 2. The zero-order valence-corrected chi connectivity index (χ0v) is 23.3. The highest BCUT2D eigenvalue weighted by atomic mass is 79.9. The first-order valence-electron chi connectivity index (χ1n) is 11.9. The van der Waals surface area contributed by atoms with Crippen LogP contribution in [0.4, 0.5) is 0 Å². The molecule has 0 spiro atoms. The lowest BCUT2D eigenvalue weighted by molar-refractivity contribution is -0.139. The Morgan fingerprint density at radius 1 is 1.16 bits per heavy atom. The molecule has 3 aromatic carbocycles. The number of carbonyl (C=O) groups excluding carboxylic acids is 1. The average Bonchev–Trinajstić information content (AvgIpc) is 3.19. The zero-order valence-electron chi connectivity index (χ0n) is 20.9. The van der Waals surface area contributed by atoms with Crippen LogP contribution in [0.3, 0.4) is 0 Å². The van der Waals surface area contributed by atoms with Crippen LogP contribution in [0.1, 0.15) is 36.6 Å². The van der Waals surface area contributed by atoms with Gasteiger partial charge >= 0.3 is 5.97 Å². The van der Waals surface area contributed by atoms with E-state index in [0.717, 1.165) is 31.9 Å². The molecule has 0 saturated heterocycles. The summed E-state index contributed by atoms with van der Waals surface area (Å²) in [6.07, 6.45) is 1.86. The van der Waals surface area contributed by atoms with Crippen molar-refractivity contribution in [2.75, 3.05) is 13.7 Å². The molecule has 1 atom stereocenters. The third kappa shape index (κ3) is 4.45. The molecule has 0 bridgehead atoms. The lowest BCUT2D eigenvalue weighted by Crippen LogP contribution is -2.40. The highest BCUT2D eigenvalue weighted by Gasteiger charge is 2.36. The summed E-state index contributed by atoms with van der Waals surface area (Å²) in [5.41, 5.74) is 3.34. The molecule has 0 N–H and O–H groups in total. The molecule has 1 aliphatic heterocycles. The van der Waals surface area contributed by atoms with Gasteiger partial charge in [-0.05, 0) is 60.9 Å². The lowest BCUT2D eigenvalue weighted by atomic mass is 9.90. The summed E-state index contributed by atoms with van der Waals surface area (Å²) in [5, 5.41) is 1.86. The molecule has 0 aliphatic carbocycles. The second-order valence-electron chi connectivity index (χ2n) is 8.71. The van der Waals surface area contributed by atoms with Gasteiger partial charge in [-0.15, -0.1) is 0 Å². The topological polar surface area (TPSA) is 69.9 Å². The number of benzene rings is 3. The standard InChI is InChI=1S/C29H25BrN2O4S/c1-5-36-28(34)24-17(3)31-29-32(27(33)23(37-29)15-18-11-10-16(2)21(30)14-18)26(24)25-20-9-7-6-8-19(20)12-13-22(25)35-4/h6-15,26H,5H2,1-4H3/b23-15-/t26-/m0/s1. The number of esters is 1. The van der Waals surface area contributed by atoms with E-state index in [0.29, 0.717) is 26.4 Å². The maximum absolute atomic E-state index is 14.0. The molecule has 4 aromatic rings. The van der Waals surface area contributed by atoms with Crippen LogP contribution in [0.15, 0.2) is 80.1 Å². The van der Waals surface area contributed by atoms with Gasteiger partial charge in [0.2, 0.25) is 0 Å². The van der Waals surface area contributed by atoms with Crippen LogP contribution in [0.25, 0.3) is 16.8 Å². The Balaban J connectivity index is 1.84. The van der Waals surface area contributed by atoms with E-state index in [1.807, 2.05) is 67.6 Å². The smallest absolute Gasteiger partial charge is 0.338 e. The number of halogens is 1. The number of nitrogens with zero attached hydrogens (tertiary/aromatic N) is 2. The second-order valence-corrected chi connectivity index (χ2v) is 10.6. The van der Waals surface area contributed by atoms with Gasteiger partial charge in [0.15, 0.2) is 4.80 Å². The number of hydrogen-bond donors (Lipinski definition) is 0. The number of methoxy groups -OCH3 is 1. The number of aryl methyl sites for hydroxylation is 1. The van der Waals surface area contributed by atoms with E-state index in [1.165, 1.54) is 11.3 Å². The molecule has 5 rings (SSSR count). The van der Waals surface area contributed by atoms with Crippen LogP contribution < -0.4 is 19.6 Å². The highest BCUT2D eigenvalue weighted by molar-refractivity contribution is 9.10. The normalized spacial score (nSPS) is 15.5. The molecule has 188 valence electrons. The van der Waals surface area contributed by atoms with Crippen LogP contribution in [0.5, 0.6) is 5.75 Å².